The van der Waals surface area contributed by atoms with Gasteiger partial charge in [-0.3, -0.25) is 4.79 Å². The van der Waals surface area contributed by atoms with Gasteiger partial charge >= 0.3 is 5.97 Å². The van der Waals surface area contributed by atoms with Crippen LogP contribution in [-0.2, 0) is 16.0 Å². The molecule has 0 bridgehead atoms. The van der Waals surface area contributed by atoms with Crippen LogP contribution in [0.2, 0.25) is 5.02 Å². The Hall–Kier alpha value is -2.23. The number of fused-ring (bicyclic) bond motifs is 1. The van der Waals surface area contributed by atoms with E-state index in [1.54, 1.807) is 24.3 Å². The molecule has 1 heterocycles. The average Bonchev–Trinajstić information content (AvgIpc) is 2.76. The van der Waals surface area contributed by atoms with Gasteiger partial charge in [0.2, 0.25) is 0 Å². The SMILES string of the molecule is CCCCc1nc2ccc(Br)cc2c(=O)n1N=Cc1cc(Cl)cc(Br)c1OCC(=O)OC. The van der Waals surface area contributed by atoms with E-state index in [-0.39, 0.29) is 12.2 Å². The summed E-state index contributed by atoms with van der Waals surface area (Å²) in [6.07, 6.45) is 3.87. The minimum Gasteiger partial charge on any atom is -0.480 e. The van der Waals surface area contributed by atoms with E-state index in [9.17, 15) is 9.59 Å². The Balaban J connectivity index is 2.10. The first kappa shape index (κ1) is 24.4. The molecule has 0 saturated carbocycles. The Morgan fingerprint density at radius 2 is 2.06 bits per heavy atom. The lowest BCUT2D eigenvalue weighted by atomic mass is 10.2. The van der Waals surface area contributed by atoms with Crippen LogP contribution in [0, 0.1) is 0 Å². The molecule has 0 atom stereocenters. The highest BCUT2D eigenvalue weighted by atomic mass is 79.9. The van der Waals surface area contributed by atoms with Crippen molar-refractivity contribution in [2.45, 2.75) is 26.2 Å². The van der Waals surface area contributed by atoms with E-state index in [0.29, 0.717) is 44.0 Å². The van der Waals surface area contributed by atoms with Crippen molar-refractivity contribution in [1.29, 1.82) is 0 Å². The lowest BCUT2D eigenvalue weighted by molar-refractivity contribution is -0.142. The first-order valence-electron chi connectivity index (χ1n) is 9.78. The number of aromatic nitrogens is 2. The molecule has 0 aliphatic heterocycles. The van der Waals surface area contributed by atoms with E-state index in [1.807, 2.05) is 6.07 Å². The molecule has 0 saturated heterocycles. The predicted octanol–water partition coefficient (Wildman–Crippen LogP) is 5.35. The molecule has 10 heteroatoms. The smallest absolute Gasteiger partial charge is 0.343 e. The third-order valence-electron chi connectivity index (χ3n) is 4.54. The Morgan fingerprint density at radius 1 is 1.28 bits per heavy atom. The van der Waals surface area contributed by atoms with Gasteiger partial charge in [-0.15, -0.1) is 0 Å². The number of benzene rings is 2. The molecular weight excluding hydrogens is 566 g/mol. The Kier molecular flexibility index (Phi) is 8.44. The highest BCUT2D eigenvalue weighted by Crippen LogP contribution is 2.32. The molecule has 0 radical (unpaired) electrons. The molecule has 1 aromatic heterocycles. The van der Waals surface area contributed by atoms with E-state index < -0.39 is 5.97 Å². The van der Waals surface area contributed by atoms with Crippen molar-refractivity contribution in [1.82, 2.24) is 9.66 Å². The van der Waals surface area contributed by atoms with Crippen LogP contribution in [0.15, 0.2) is 49.2 Å². The second-order valence-corrected chi connectivity index (χ2v) is 9.03. The summed E-state index contributed by atoms with van der Waals surface area (Å²) in [5, 5.41) is 5.31. The number of unbranched alkanes of at least 4 members (excludes halogenated alkanes) is 1. The van der Waals surface area contributed by atoms with Crippen LogP contribution in [0.25, 0.3) is 10.9 Å². The minimum absolute atomic E-state index is 0.281. The monoisotopic (exact) mass is 583 g/mol. The Morgan fingerprint density at radius 3 is 2.78 bits per heavy atom. The highest BCUT2D eigenvalue weighted by molar-refractivity contribution is 9.10. The number of hydrogen-bond donors (Lipinski definition) is 0. The maximum absolute atomic E-state index is 13.2. The molecule has 0 N–H and O–H groups in total. The standard InChI is InChI=1S/C22H20Br2ClN3O4/c1-3-4-5-19-27-18-7-6-14(23)9-16(18)22(30)28(19)26-11-13-8-15(25)10-17(24)21(13)32-12-20(29)31-2/h6-11H,3-5,12H2,1-2H3. The zero-order valence-electron chi connectivity index (χ0n) is 17.4. The average molecular weight is 586 g/mol. The number of halogens is 3. The van der Waals surface area contributed by atoms with Crippen LogP contribution >= 0.6 is 43.5 Å². The van der Waals surface area contributed by atoms with Crippen molar-refractivity contribution in [3.05, 3.63) is 66.0 Å². The zero-order valence-corrected chi connectivity index (χ0v) is 21.3. The van der Waals surface area contributed by atoms with Crippen molar-refractivity contribution in [3.8, 4) is 5.75 Å². The fourth-order valence-electron chi connectivity index (χ4n) is 2.95. The number of methoxy groups -OCH3 is 1. The van der Waals surface area contributed by atoms with Gasteiger partial charge in [0, 0.05) is 21.5 Å². The van der Waals surface area contributed by atoms with E-state index >= 15 is 0 Å². The third kappa shape index (κ3) is 5.76. The van der Waals surface area contributed by atoms with Gasteiger partial charge in [-0.2, -0.15) is 9.78 Å². The molecule has 3 aromatic rings. The summed E-state index contributed by atoms with van der Waals surface area (Å²) in [5.41, 5.74) is 0.816. The van der Waals surface area contributed by atoms with Crippen molar-refractivity contribution >= 4 is 66.5 Å². The van der Waals surface area contributed by atoms with Crippen LogP contribution in [0.4, 0.5) is 0 Å². The van der Waals surface area contributed by atoms with Crippen LogP contribution < -0.4 is 10.3 Å². The van der Waals surface area contributed by atoms with Crippen molar-refractivity contribution in [3.63, 3.8) is 0 Å². The third-order valence-corrected chi connectivity index (χ3v) is 5.84. The van der Waals surface area contributed by atoms with Crippen molar-refractivity contribution in [2.75, 3.05) is 13.7 Å². The normalized spacial score (nSPS) is 11.3. The molecule has 3 rings (SSSR count). The van der Waals surface area contributed by atoms with Gasteiger partial charge in [-0.1, -0.05) is 40.9 Å². The van der Waals surface area contributed by atoms with E-state index in [4.69, 9.17) is 16.3 Å². The van der Waals surface area contributed by atoms with Crippen LogP contribution in [-0.4, -0.2) is 35.6 Å². The molecule has 0 amide bonds. The molecule has 0 aliphatic carbocycles. The van der Waals surface area contributed by atoms with E-state index in [1.165, 1.54) is 18.0 Å². The summed E-state index contributed by atoms with van der Waals surface area (Å²) < 4.78 is 12.8. The molecule has 0 aliphatic rings. The largest absolute Gasteiger partial charge is 0.480 e. The van der Waals surface area contributed by atoms with Gasteiger partial charge < -0.3 is 9.47 Å². The fraction of sp³-hybridized carbons (Fsp3) is 0.273. The minimum atomic E-state index is -0.530. The van der Waals surface area contributed by atoms with Gasteiger partial charge in [0.1, 0.15) is 11.6 Å². The van der Waals surface area contributed by atoms with Gasteiger partial charge in [-0.25, -0.2) is 9.78 Å². The Bertz CT molecular complexity index is 1240. The predicted molar refractivity (Wildman–Crippen MR) is 132 cm³/mol. The lowest BCUT2D eigenvalue weighted by Crippen LogP contribution is -2.22. The zero-order chi connectivity index (χ0) is 23.3. The summed E-state index contributed by atoms with van der Waals surface area (Å²) in [6, 6.07) is 8.64. The molecule has 0 fully saturated rings. The van der Waals surface area contributed by atoms with E-state index in [2.05, 4.69) is 53.6 Å². The van der Waals surface area contributed by atoms with Gasteiger partial charge in [0.25, 0.3) is 5.56 Å². The number of carbonyl (C=O) groups is 1. The molecule has 168 valence electrons. The van der Waals surface area contributed by atoms with Gasteiger partial charge in [0.15, 0.2) is 6.61 Å². The first-order valence-corrected chi connectivity index (χ1v) is 11.7. The molecule has 0 unspecified atom stereocenters. The van der Waals surface area contributed by atoms with Crippen molar-refractivity contribution in [2.24, 2.45) is 5.10 Å². The van der Waals surface area contributed by atoms with E-state index in [0.717, 1.165) is 17.3 Å². The maximum atomic E-state index is 13.2. The number of nitrogens with zero attached hydrogens (tertiary/aromatic N) is 3. The molecule has 2 aromatic carbocycles. The topological polar surface area (TPSA) is 82.8 Å². The van der Waals surface area contributed by atoms with Crippen molar-refractivity contribution < 1.29 is 14.3 Å². The highest BCUT2D eigenvalue weighted by Gasteiger charge is 2.14. The second kappa shape index (κ2) is 11.1. The summed E-state index contributed by atoms with van der Waals surface area (Å²) in [4.78, 5) is 29.4. The molecular formula is C22H20Br2ClN3O4. The number of rotatable bonds is 8. The van der Waals surface area contributed by atoms with Crippen LogP contribution in [0.3, 0.4) is 0 Å². The summed E-state index contributed by atoms with van der Waals surface area (Å²) >= 11 is 13.0. The maximum Gasteiger partial charge on any atom is 0.343 e. The van der Waals surface area contributed by atoms with Crippen LogP contribution in [0.5, 0.6) is 5.75 Å². The lowest BCUT2D eigenvalue weighted by Gasteiger charge is -2.12. The number of hydrogen-bond acceptors (Lipinski definition) is 6. The summed E-state index contributed by atoms with van der Waals surface area (Å²) in [7, 11) is 1.28. The number of carbonyl (C=O) groups excluding carboxylic acids is 1. The molecule has 32 heavy (non-hydrogen) atoms. The second-order valence-electron chi connectivity index (χ2n) is 6.83. The fourth-order valence-corrected chi connectivity index (χ4v) is 4.26. The summed E-state index contributed by atoms with van der Waals surface area (Å²) in [6.45, 7) is 1.78. The first-order chi connectivity index (χ1) is 15.3. The molecule has 0 spiro atoms. The quantitative estimate of drug-likeness (QED) is 0.263. The Labute approximate surface area is 206 Å². The van der Waals surface area contributed by atoms with Gasteiger partial charge in [-0.05, 0) is 52.7 Å². The molecule has 7 nitrogen and oxygen atoms in total. The van der Waals surface area contributed by atoms with Gasteiger partial charge in [0.05, 0.1) is 28.7 Å². The number of esters is 1. The number of aryl methyl sites for hydroxylation is 1. The van der Waals surface area contributed by atoms with Crippen LogP contribution in [0.1, 0.15) is 31.2 Å². The number of ether oxygens (including phenoxy) is 2. The summed E-state index contributed by atoms with van der Waals surface area (Å²) in [5.74, 6) is 0.376.